The van der Waals surface area contributed by atoms with E-state index in [-0.39, 0.29) is 12.5 Å². The number of para-hydroxylation sites is 1. The molecule has 0 unspecified atom stereocenters. The Bertz CT molecular complexity index is 410. The molecule has 0 aliphatic heterocycles. The number of amides is 1. The second-order valence-electron chi connectivity index (χ2n) is 4.86. The number of benzene rings is 1. The first-order valence-electron chi connectivity index (χ1n) is 6.81. The van der Waals surface area contributed by atoms with E-state index in [1.807, 2.05) is 12.1 Å². The molecule has 0 atom stereocenters. The molecule has 20 heavy (non-hydrogen) atoms. The van der Waals surface area contributed by atoms with Crippen LogP contribution in [0.3, 0.4) is 0 Å². The minimum absolute atomic E-state index is 0.0459. The second-order valence-corrected chi connectivity index (χ2v) is 5.27. The van der Waals surface area contributed by atoms with Crippen LogP contribution in [0.4, 0.5) is 0 Å². The van der Waals surface area contributed by atoms with Crippen molar-refractivity contribution in [2.45, 2.75) is 20.3 Å². The van der Waals surface area contributed by atoms with Gasteiger partial charge in [-0.25, -0.2) is 0 Å². The predicted octanol–water partition coefficient (Wildman–Crippen LogP) is 2.90. The highest BCUT2D eigenvalue weighted by Gasteiger charge is 2.04. The van der Waals surface area contributed by atoms with Crippen molar-refractivity contribution in [3.05, 3.63) is 29.3 Å². The average molecular weight is 300 g/mol. The topological polar surface area (TPSA) is 47.6 Å². The van der Waals surface area contributed by atoms with Crippen LogP contribution in [-0.2, 0) is 9.53 Å². The molecule has 0 aromatic heterocycles. The molecule has 0 bridgehead atoms. The fourth-order valence-electron chi connectivity index (χ4n) is 1.44. The van der Waals surface area contributed by atoms with Gasteiger partial charge in [-0.2, -0.15) is 0 Å². The standard InChI is InChI=1S/C15H22ClNO3/c1-12(2)7-9-19-10-8-17-15(18)11-20-14-6-4-3-5-13(14)16/h3-6,12H,7-11H2,1-2H3,(H,17,18). The highest BCUT2D eigenvalue weighted by molar-refractivity contribution is 6.32. The third-order valence-corrected chi connectivity index (χ3v) is 2.92. The summed E-state index contributed by atoms with van der Waals surface area (Å²) in [6.45, 7) is 5.99. The molecular weight excluding hydrogens is 278 g/mol. The van der Waals surface area contributed by atoms with E-state index in [1.165, 1.54) is 0 Å². The lowest BCUT2D eigenvalue weighted by Gasteiger charge is -2.09. The SMILES string of the molecule is CC(C)CCOCCNC(=O)COc1ccccc1Cl. The van der Waals surface area contributed by atoms with E-state index in [0.717, 1.165) is 13.0 Å². The van der Waals surface area contributed by atoms with Crippen LogP contribution in [0.5, 0.6) is 5.75 Å². The van der Waals surface area contributed by atoms with Gasteiger partial charge in [-0.15, -0.1) is 0 Å². The third-order valence-electron chi connectivity index (χ3n) is 2.60. The molecule has 1 N–H and O–H groups in total. The summed E-state index contributed by atoms with van der Waals surface area (Å²) in [7, 11) is 0. The van der Waals surface area contributed by atoms with Crippen LogP contribution in [0.25, 0.3) is 0 Å². The smallest absolute Gasteiger partial charge is 0.258 e. The van der Waals surface area contributed by atoms with Crippen molar-refractivity contribution < 1.29 is 14.3 Å². The highest BCUT2D eigenvalue weighted by Crippen LogP contribution is 2.22. The first-order valence-corrected chi connectivity index (χ1v) is 7.19. The van der Waals surface area contributed by atoms with Gasteiger partial charge in [-0.1, -0.05) is 37.6 Å². The predicted molar refractivity (Wildman–Crippen MR) is 80.2 cm³/mol. The van der Waals surface area contributed by atoms with E-state index in [0.29, 0.717) is 29.8 Å². The summed E-state index contributed by atoms with van der Waals surface area (Å²) in [6, 6.07) is 7.06. The van der Waals surface area contributed by atoms with E-state index in [9.17, 15) is 4.79 Å². The van der Waals surface area contributed by atoms with Crippen LogP contribution in [0.15, 0.2) is 24.3 Å². The summed E-state index contributed by atoms with van der Waals surface area (Å²) in [4.78, 5) is 11.5. The van der Waals surface area contributed by atoms with Gasteiger partial charge in [0, 0.05) is 13.2 Å². The summed E-state index contributed by atoms with van der Waals surface area (Å²) in [5.41, 5.74) is 0. The number of ether oxygens (including phenoxy) is 2. The Balaban J connectivity index is 2.08. The van der Waals surface area contributed by atoms with Crippen molar-refractivity contribution in [2.24, 2.45) is 5.92 Å². The van der Waals surface area contributed by atoms with Crippen molar-refractivity contribution in [3.8, 4) is 5.75 Å². The lowest BCUT2D eigenvalue weighted by Crippen LogP contribution is -2.31. The first-order chi connectivity index (χ1) is 9.59. The summed E-state index contributed by atoms with van der Waals surface area (Å²) < 4.78 is 10.7. The van der Waals surface area contributed by atoms with Crippen LogP contribution in [0.2, 0.25) is 5.02 Å². The Kier molecular flexibility index (Phi) is 8.07. The van der Waals surface area contributed by atoms with Gasteiger partial charge in [0.1, 0.15) is 5.75 Å². The van der Waals surface area contributed by atoms with Gasteiger partial charge in [0.15, 0.2) is 6.61 Å². The van der Waals surface area contributed by atoms with Gasteiger partial charge in [-0.3, -0.25) is 4.79 Å². The number of rotatable bonds is 9. The van der Waals surface area contributed by atoms with Crippen molar-refractivity contribution >= 4 is 17.5 Å². The van der Waals surface area contributed by atoms with Crippen LogP contribution in [0.1, 0.15) is 20.3 Å². The van der Waals surface area contributed by atoms with Gasteiger partial charge in [0.2, 0.25) is 0 Å². The van der Waals surface area contributed by atoms with Gasteiger partial charge < -0.3 is 14.8 Å². The molecule has 0 saturated carbocycles. The fourth-order valence-corrected chi connectivity index (χ4v) is 1.63. The van der Waals surface area contributed by atoms with Gasteiger partial charge in [-0.05, 0) is 24.5 Å². The summed E-state index contributed by atoms with van der Waals surface area (Å²) >= 11 is 5.92. The lowest BCUT2D eigenvalue weighted by atomic mass is 10.1. The molecule has 112 valence electrons. The molecule has 1 rings (SSSR count). The Morgan fingerprint density at radius 1 is 1.30 bits per heavy atom. The lowest BCUT2D eigenvalue weighted by molar-refractivity contribution is -0.123. The molecule has 1 aromatic rings. The zero-order valence-corrected chi connectivity index (χ0v) is 12.8. The molecule has 0 radical (unpaired) electrons. The molecule has 4 nitrogen and oxygen atoms in total. The maximum atomic E-state index is 11.5. The molecule has 0 aliphatic rings. The van der Waals surface area contributed by atoms with E-state index >= 15 is 0 Å². The third kappa shape index (κ3) is 7.36. The van der Waals surface area contributed by atoms with Crippen molar-refractivity contribution in [2.75, 3.05) is 26.4 Å². The van der Waals surface area contributed by atoms with E-state index in [2.05, 4.69) is 19.2 Å². The number of hydrogen-bond donors (Lipinski definition) is 1. The summed E-state index contributed by atoms with van der Waals surface area (Å²) in [5, 5.41) is 3.23. The van der Waals surface area contributed by atoms with Gasteiger partial charge >= 0.3 is 0 Å². The number of halogens is 1. The van der Waals surface area contributed by atoms with Crippen LogP contribution >= 0.6 is 11.6 Å². The molecule has 1 aromatic carbocycles. The Morgan fingerprint density at radius 3 is 2.75 bits per heavy atom. The quantitative estimate of drug-likeness (QED) is 0.713. The Hall–Kier alpha value is -1.26. The van der Waals surface area contributed by atoms with Crippen molar-refractivity contribution in [1.82, 2.24) is 5.32 Å². The molecular formula is C15H22ClNO3. The van der Waals surface area contributed by atoms with Gasteiger partial charge in [0.25, 0.3) is 5.91 Å². The van der Waals surface area contributed by atoms with E-state index in [1.54, 1.807) is 12.1 Å². The van der Waals surface area contributed by atoms with Crippen LogP contribution in [0, 0.1) is 5.92 Å². The van der Waals surface area contributed by atoms with Crippen LogP contribution in [-0.4, -0.2) is 32.3 Å². The summed E-state index contributed by atoms with van der Waals surface area (Å²) in [6.07, 6.45) is 1.03. The van der Waals surface area contributed by atoms with E-state index in [4.69, 9.17) is 21.1 Å². The Morgan fingerprint density at radius 2 is 2.05 bits per heavy atom. The largest absolute Gasteiger partial charge is 0.482 e. The second kappa shape index (κ2) is 9.61. The molecule has 1 amide bonds. The zero-order chi connectivity index (χ0) is 14.8. The summed E-state index contributed by atoms with van der Waals surface area (Å²) in [5.74, 6) is 0.962. The van der Waals surface area contributed by atoms with Crippen molar-refractivity contribution in [1.29, 1.82) is 0 Å². The highest BCUT2D eigenvalue weighted by atomic mass is 35.5. The molecule has 5 heteroatoms. The van der Waals surface area contributed by atoms with E-state index < -0.39 is 0 Å². The maximum Gasteiger partial charge on any atom is 0.258 e. The molecule has 0 fully saturated rings. The van der Waals surface area contributed by atoms with Crippen molar-refractivity contribution in [3.63, 3.8) is 0 Å². The minimum Gasteiger partial charge on any atom is -0.482 e. The van der Waals surface area contributed by atoms with Gasteiger partial charge in [0.05, 0.1) is 11.6 Å². The molecule has 0 heterocycles. The first kappa shape index (κ1) is 16.8. The normalized spacial score (nSPS) is 10.6. The number of nitrogens with one attached hydrogen (secondary N) is 1. The average Bonchev–Trinajstić information content (AvgIpc) is 2.41. The number of carbonyl (C=O) groups excluding carboxylic acids is 1. The minimum atomic E-state index is -0.183. The molecule has 0 aliphatic carbocycles. The maximum absolute atomic E-state index is 11.5. The monoisotopic (exact) mass is 299 g/mol. The molecule has 0 spiro atoms. The number of carbonyl (C=O) groups is 1. The number of hydrogen-bond acceptors (Lipinski definition) is 3. The fraction of sp³-hybridized carbons (Fsp3) is 0.533. The Labute approximate surface area is 125 Å². The van der Waals surface area contributed by atoms with Crippen LogP contribution < -0.4 is 10.1 Å². The zero-order valence-electron chi connectivity index (χ0n) is 12.0. The molecule has 0 saturated heterocycles.